The minimum Gasteiger partial charge on any atom is -0.384 e. The molecule has 1 saturated heterocycles. The topological polar surface area (TPSA) is 110 Å². The lowest BCUT2D eigenvalue weighted by molar-refractivity contribution is -0.141. The lowest BCUT2D eigenvalue weighted by Crippen LogP contribution is -2.41. The molecule has 3 N–H and O–H groups in total. The van der Waals surface area contributed by atoms with Gasteiger partial charge in [-0.25, -0.2) is 9.90 Å². The van der Waals surface area contributed by atoms with Crippen LogP contribution in [0.25, 0.3) is 0 Å². The minimum atomic E-state index is -3.75. The predicted octanol–water partition coefficient (Wildman–Crippen LogP) is -0.850. The fourth-order valence-corrected chi connectivity index (χ4v) is 1.71. The average Bonchev–Trinajstić information content (AvgIpc) is 2.52. The highest BCUT2D eigenvalue weighted by Crippen LogP contribution is 2.41. The highest BCUT2D eigenvalue weighted by Gasteiger charge is 2.59. The summed E-state index contributed by atoms with van der Waals surface area (Å²) in [6.45, 7) is -1.04. The largest absolute Gasteiger partial charge is 0.384 e. The van der Waals surface area contributed by atoms with Gasteiger partial charge < -0.3 is 15.6 Å². The molecular formula is C9H10F2N3O4. The number of anilines is 1. The average molecular weight is 262 g/mol. The van der Waals surface area contributed by atoms with Gasteiger partial charge in [-0.15, -0.1) is 0 Å². The molecule has 9 heteroatoms. The molecule has 0 amide bonds. The molecule has 1 aliphatic rings. The van der Waals surface area contributed by atoms with Crippen LogP contribution in [0, 0.1) is 0 Å². The molecule has 1 aromatic rings. The van der Waals surface area contributed by atoms with Crippen LogP contribution in [0.4, 0.5) is 14.6 Å². The molecule has 0 aromatic carbocycles. The normalized spacial score (nSPS) is 30.6. The molecule has 3 atom stereocenters. The Morgan fingerprint density at radius 1 is 1.61 bits per heavy atom. The maximum atomic E-state index is 13.7. The smallest absolute Gasteiger partial charge is 0.351 e. The first-order valence-corrected chi connectivity index (χ1v) is 5.02. The second kappa shape index (κ2) is 4.26. The van der Waals surface area contributed by atoms with E-state index < -0.39 is 36.7 Å². The number of nitrogens with two attached hydrogens (primary N) is 1. The standard InChI is InChI=1S/C9H10F2N3O4/c10-9(11)6(16)4(3-15)18-7(9)14-2-1-5(12)13-8(14)17/h1-2,4,6-7,16H,3H2,(H2,12,13,17)/t4-,6-,7-/m1/s1. The second-order valence-corrected chi connectivity index (χ2v) is 3.86. The highest BCUT2D eigenvalue weighted by atomic mass is 19.3. The number of aromatic nitrogens is 2. The molecule has 0 spiro atoms. The van der Waals surface area contributed by atoms with Gasteiger partial charge in [0.15, 0.2) is 6.10 Å². The van der Waals surface area contributed by atoms with Gasteiger partial charge in [0.05, 0.1) is 0 Å². The Kier molecular flexibility index (Phi) is 3.05. The van der Waals surface area contributed by atoms with Crippen LogP contribution >= 0.6 is 0 Å². The molecule has 1 aromatic heterocycles. The number of aliphatic hydroxyl groups is 1. The van der Waals surface area contributed by atoms with Gasteiger partial charge in [0.25, 0.3) is 0 Å². The third kappa shape index (κ3) is 1.85. The van der Waals surface area contributed by atoms with Gasteiger partial charge in [0, 0.05) is 6.20 Å². The zero-order valence-electron chi connectivity index (χ0n) is 8.99. The lowest BCUT2D eigenvalue weighted by atomic mass is 10.1. The van der Waals surface area contributed by atoms with Crippen molar-refractivity contribution in [3.63, 3.8) is 0 Å². The van der Waals surface area contributed by atoms with E-state index in [9.17, 15) is 23.8 Å². The summed E-state index contributed by atoms with van der Waals surface area (Å²) in [6, 6.07) is 1.14. The Bertz CT molecular complexity index is 507. The van der Waals surface area contributed by atoms with Crippen molar-refractivity contribution in [2.45, 2.75) is 24.4 Å². The van der Waals surface area contributed by atoms with Gasteiger partial charge in [0.1, 0.15) is 18.5 Å². The van der Waals surface area contributed by atoms with E-state index in [0.717, 1.165) is 12.3 Å². The summed E-state index contributed by atoms with van der Waals surface area (Å²) in [5.74, 6) is -3.88. The maximum Gasteiger partial charge on any atom is 0.351 e. The van der Waals surface area contributed by atoms with Crippen molar-refractivity contribution >= 4 is 5.82 Å². The summed E-state index contributed by atoms with van der Waals surface area (Å²) in [5.41, 5.74) is 4.18. The van der Waals surface area contributed by atoms with Crippen LogP contribution in [0.15, 0.2) is 17.1 Å². The molecule has 2 rings (SSSR count). The first-order valence-electron chi connectivity index (χ1n) is 5.02. The van der Waals surface area contributed by atoms with Crippen molar-refractivity contribution in [1.82, 2.24) is 9.55 Å². The minimum absolute atomic E-state index is 0.126. The van der Waals surface area contributed by atoms with Gasteiger partial charge in [-0.1, -0.05) is 0 Å². The van der Waals surface area contributed by atoms with Gasteiger partial charge in [-0.2, -0.15) is 13.8 Å². The Morgan fingerprint density at radius 2 is 2.28 bits per heavy atom. The number of nitrogens with zero attached hydrogens (tertiary/aromatic N) is 2. The molecule has 18 heavy (non-hydrogen) atoms. The van der Waals surface area contributed by atoms with Crippen LogP contribution in [0.1, 0.15) is 6.23 Å². The van der Waals surface area contributed by atoms with Crippen LogP contribution in [0.2, 0.25) is 0 Å². The van der Waals surface area contributed by atoms with E-state index in [4.69, 9.17) is 10.5 Å². The molecule has 0 bridgehead atoms. The van der Waals surface area contributed by atoms with E-state index >= 15 is 0 Å². The summed E-state index contributed by atoms with van der Waals surface area (Å²) >= 11 is 0. The van der Waals surface area contributed by atoms with Crippen LogP contribution in [0.5, 0.6) is 0 Å². The van der Waals surface area contributed by atoms with E-state index in [2.05, 4.69) is 4.98 Å². The summed E-state index contributed by atoms with van der Waals surface area (Å²) in [4.78, 5) is 14.7. The first-order chi connectivity index (χ1) is 8.37. The number of alkyl halides is 2. The van der Waals surface area contributed by atoms with Crippen molar-refractivity contribution in [2.75, 3.05) is 12.3 Å². The van der Waals surface area contributed by atoms with Crippen molar-refractivity contribution < 1.29 is 23.7 Å². The van der Waals surface area contributed by atoms with E-state index in [1.807, 2.05) is 0 Å². The quantitative estimate of drug-likeness (QED) is 0.721. The van der Waals surface area contributed by atoms with Crippen molar-refractivity contribution in [2.24, 2.45) is 0 Å². The zero-order valence-corrected chi connectivity index (χ0v) is 8.99. The highest BCUT2D eigenvalue weighted by molar-refractivity contribution is 5.23. The molecule has 1 radical (unpaired) electrons. The Labute approximate surface area is 99.4 Å². The summed E-state index contributed by atoms with van der Waals surface area (Å²) in [6.07, 6.45) is -4.92. The number of nitrogen functional groups attached to an aromatic ring is 1. The van der Waals surface area contributed by atoms with Gasteiger partial charge >= 0.3 is 11.6 Å². The molecule has 1 fully saturated rings. The predicted molar refractivity (Wildman–Crippen MR) is 53.3 cm³/mol. The summed E-state index contributed by atoms with van der Waals surface area (Å²) in [7, 11) is 0. The fourth-order valence-electron chi connectivity index (χ4n) is 1.71. The molecule has 99 valence electrons. The van der Waals surface area contributed by atoms with Gasteiger partial charge in [-0.3, -0.25) is 4.57 Å². The first kappa shape index (κ1) is 12.9. The third-order valence-corrected chi connectivity index (χ3v) is 2.65. The molecular weight excluding hydrogens is 252 g/mol. The summed E-state index contributed by atoms with van der Waals surface area (Å²) < 4.78 is 32.6. The number of hydrogen-bond acceptors (Lipinski definition) is 5. The van der Waals surface area contributed by atoms with Crippen LogP contribution in [-0.4, -0.2) is 39.4 Å². The van der Waals surface area contributed by atoms with Gasteiger partial charge in [-0.05, 0) is 6.07 Å². The Balaban J connectivity index is 2.42. The fraction of sp³-hybridized carbons (Fsp3) is 0.556. The number of rotatable bonds is 2. The molecule has 0 unspecified atom stereocenters. The zero-order chi connectivity index (χ0) is 13.5. The Morgan fingerprint density at radius 3 is 2.78 bits per heavy atom. The van der Waals surface area contributed by atoms with Crippen LogP contribution in [0.3, 0.4) is 0 Å². The SMILES string of the molecule is Nc1ccn([C@@H]2O[C@H](C[O])[C@@H](O)C2(F)F)c(=O)n1. The van der Waals surface area contributed by atoms with Crippen LogP contribution < -0.4 is 11.4 Å². The summed E-state index contributed by atoms with van der Waals surface area (Å²) in [5, 5.41) is 19.9. The van der Waals surface area contributed by atoms with Gasteiger partial charge in [0.2, 0.25) is 6.23 Å². The number of hydrogen-bond donors (Lipinski definition) is 2. The Hall–Kier alpha value is -1.58. The van der Waals surface area contributed by atoms with E-state index in [0.29, 0.717) is 4.57 Å². The van der Waals surface area contributed by atoms with Crippen molar-refractivity contribution in [3.8, 4) is 0 Å². The molecule has 0 saturated carbocycles. The number of aliphatic hydroxyl groups excluding tert-OH is 1. The molecule has 7 nitrogen and oxygen atoms in total. The second-order valence-electron chi connectivity index (χ2n) is 3.86. The molecule has 1 aliphatic heterocycles. The maximum absolute atomic E-state index is 13.7. The number of halogens is 2. The monoisotopic (exact) mass is 262 g/mol. The van der Waals surface area contributed by atoms with Crippen molar-refractivity contribution in [3.05, 3.63) is 22.7 Å². The van der Waals surface area contributed by atoms with E-state index in [1.165, 1.54) is 0 Å². The molecule has 0 aliphatic carbocycles. The van der Waals surface area contributed by atoms with Crippen LogP contribution in [-0.2, 0) is 9.84 Å². The lowest BCUT2D eigenvalue weighted by Gasteiger charge is -2.20. The van der Waals surface area contributed by atoms with Crippen molar-refractivity contribution in [1.29, 1.82) is 0 Å². The molecule has 2 heterocycles. The van der Waals surface area contributed by atoms with E-state index in [-0.39, 0.29) is 5.82 Å². The van der Waals surface area contributed by atoms with E-state index in [1.54, 1.807) is 0 Å². The third-order valence-electron chi connectivity index (χ3n) is 2.65. The number of ether oxygens (including phenoxy) is 1.